The molecule has 4 amide bonds. The highest BCUT2D eigenvalue weighted by atomic mass is 35.5. The third kappa shape index (κ3) is 12.4. The Bertz CT molecular complexity index is 2680. The lowest BCUT2D eigenvalue weighted by Crippen LogP contribution is -2.58. The Morgan fingerprint density at radius 2 is 1.57 bits per heavy atom. The van der Waals surface area contributed by atoms with Gasteiger partial charge in [0.1, 0.15) is 35.6 Å². The molecule has 2 aromatic carbocycles. The van der Waals surface area contributed by atoms with Gasteiger partial charge in [0, 0.05) is 47.1 Å². The van der Waals surface area contributed by atoms with Gasteiger partial charge in [-0.2, -0.15) is 0 Å². The molecule has 20 heteroatoms. The Balaban J connectivity index is 0.808. The summed E-state index contributed by atoms with van der Waals surface area (Å²) in [5, 5.41) is 29.8. The van der Waals surface area contributed by atoms with Gasteiger partial charge in [-0.05, 0) is 61.9 Å². The molecule has 17 nitrogen and oxygen atoms in total. The summed E-state index contributed by atoms with van der Waals surface area (Å²) in [5.41, 5.74) is 7.75. The molecule has 0 aliphatic carbocycles. The van der Waals surface area contributed by atoms with Gasteiger partial charge in [0.15, 0.2) is 5.82 Å². The second-order valence-corrected chi connectivity index (χ2v) is 21.1. The predicted molar refractivity (Wildman–Crippen MR) is 270 cm³/mol. The molecule has 2 aliphatic rings. The number of amides is 4. The van der Waals surface area contributed by atoms with E-state index in [2.05, 4.69) is 45.0 Å². The second kappa shape index (κ2) is 23.2. The highest BCUT2D eigenvalue weighted by Gasteiger charge is 2.44. The molecule has 3 aromatic heterocycles. The zero-order chi connectivity index (χ0) is 50.3. The van der Waals surface area contributed by atoms with E-state index in [9.17, 15) is 24.3 Å². The fraction of sp³-hybridized carbons (Fsp3) is 0.480. The molecule has 5 aromatic rings. The van der Waals surface area contributed by atoms with Crippen LogP contribution in [-0.2, 0) is 39.9 Å². The largest absolute Gasteiger partial charge is 0.391 e. The summed E-state index contributed by atoms with van der Waals surface area (Å²) >= 11 is 9.47. The molecule has 5 atom stereocenters. The van der Waals surface area contributed by atoms with Crippen LogP contribution < -0.4 is 16.0 Å². The summed E-state index contributed by atoms with van der Waals surface area (Å²) in [5.74, 6) is -0.820. The first-order valence-electron chi connectivity index (χ1n) is 23.3. The molecular weight excluding hydrogens is 954 g/mol. The van der Waals surface area contributed by atoms with Crippen molar-refractivity contribution >= 4 is 63.6 Å². The lowest BCUT2D eigenvalue weighted by Gasteiger charge is -2.35. The number of carbonyl (C=O) groups is 4. The summed E-state index contributed by atoms with van der Waals surface area (Å²) < 4.78 is 18.9. The van der Waals surface area contributed by atoms with E-state index in [1.807, 2.05) is 100 Å². The number of hydrogen-bond donors (Lipinski definition) is 4. The van der Waals surface area contributed by atoms with E-state index in [1.54, 1.807) is 22.7 Å². The van der Waals surface area contributed by atoms with Crippen LogP contribution in [-0.4, -0.2) is 130 Å². The minimum atomic E-state index is -0.985. The van der Waals surface area contributed by atoms with E-state index >= 15 is 0 Å². The molecule has 1 saturated heterocycles. The Labute approximate surface area is 421 Å². The van der Waals surface area contributed by atoms with E-state index < -0.39 is 47.4 Å². The number of aliphatic hydroxyl groups is 1. The maximum atomic E-state index is 14.0. The number of aliphatic imine (C=N–C) groups is 1. The van der Waals surface area contributed by atoms with Crippen LogP contribution in [0.2, 0.25) is 5.02 Å². The van der Waals surface area contributed by atoms with Gasteiger partial charge < -0.3 is 40.2 Å². The molecular formula is C50H62ClN9O8S2. The quantitative estimate of drug-likeness (QED) is 0.0681. The second-order valence-electron chi connectivity index (χ2n) is 18.6. The van der Waals surface area contributed by atoms with Crippen LogP contribution in [0.3, 0.4) is 0 Å². The molecule has 1 fully saturated rings. The number of ether oxygens (including phenoxy) is 3. The number of fused-ring (bicyclic) bond motifs is 3. The Hall–Kier alpha value is -5.41. The van der Waals surface area contributed by atoms with Crippen molar-refractivity contribution in [2.24, 2.45) is 16.3 Å². The fourth-order valence-electron chi connectivity index (χ4n) is 8.43. The number of thiazole rings is 1. The molecule has 70 heavy (non-hydrogen) atoms. The molecule has 7 rings (SSSR count). The van der Waals surface area contributed by atoms with Crippen LogP contribution in [0, 0.1) is 39.0 Å². The average Bonchev–Trinajstić information content (AvgIpc) is 4.09. The predicted octanol–water partition coefficient (Wildman–Crippen LogP) is 5.84. The smallest absolute Gasteiger partial charge is 0.246 e. The highest BCUT2D eigenvalue weighted by Crippen LogP contribution is 2.41. The summed E-state index contributed by atoms with van der Waals surface area (Å²) in [4.78, 5) is 67.2. The molecule has 4 N–H and O–H groups in total. The van der Waals surface area contributed by atoms with Gasteiger partial charge in [-0.25, -0.2) is 4.98 Å². The number of aromatic nitrogens is 4. The molecule has 0 radical (unpaired) electrons. The van der Waals surface area contributed by atoms with Crippen molar-refractivity contribution in [3.63, 3.8) is 0 Å². The first kappa shape index (κ1) is 52.4. The van der Waals surface area contributed by atoms with E-state index in [0.29, 0.717) is 16.7 Å². The van der Waals surface area contributed by atoms with Gasteiger partial charge in [0.25, 0.3) is 0 Å². The summed E-state index contributed by atoms with van der Waals surface area (Å²) in [6.45, 7) is 16.6. The monoisotopic (exact) mass is 1020 g/mol. The van der Waals surface area contributed by atoms with Crippen LogP contribution >= 0.6 is 34.3 Å². The lowest BCUT2D eigenvalue weighted by molar-refractivity contribution is -0.144. The van der Waals surface area contributed by atoms with Crippen LogP contribution in [0.4, 0.5) is 0 Å². The van der Waals surface area contributed by atoms with Crippen molar-refractivity contribution in [2.45, 2.75) is 92.6 Å². The van der Waals surface area contributed by atoms with E-state index in [-0.39, 0.29) is 77.5 Å². The van der Waals surface area contributed by atoms with Crippen molar-refractivity contribution in [1.29, 1.82) is 0 Å². The van der Waals surface area contributed by atoms with Crippen LogP contribution in [0.15, 0.2) is 59.0 Å². The molecule has 0 bridgehead atoms. The molecule has 5 heterocycles. The van der Waals surface area contributed by atoms with Gasteiger partial charge in [0.05, 0.1) is 66.8 Å². The number of β-amino-alcohol motifs (C(OH)–C–C–N with tert-alkyl or cyclic N) is 1. The van der Waals surface area contributed by atoms with E-state index in [1.165, 1.54) is 4.90 Å². The van der Waals surface area contributed by atoms with Gasteiger partial charge in [0.2, 0.25) is 23.6 Å². The van der Waals surface area contributed by atoms with Crippen LogP contribution in [0.5, 0.6) is 0 Å². The Kier molecular flexibility index (Phi) is 17.4. The summed E-state index contributed by atoms with van der Waals surface area (Å²) in [6, 6.07) is 12.9. The number of nitrogens with one attached hydrogen (secondary N) is 3. The van der Waals surface area contributed by atoms with Gasteiger partial charge in [-0.15, -0.1) is 32.9 Å². The zero-order valence-corrected chi connectivity index (χ0v) is 43.2. The topological polar surface area (TPSA) is 211 Å². The number of rotatable bonds is 20. The fourth-order valence-corrected chi connectivity index (χ4v) is 10.6. The maximum Gasteiger partial charge on any atom is 0.246 e. The molecule has 2 unspecified atom stereocenters. The molecule has 0 spiro atoms. The molecule has 2 aliphatic heterocycles. The van der Waals surface area contributed by atoms with Crippen molar-refractivity contribution < 1.29 is 38.5 Å². The Morgan fingerprint density at radius 1 is 0.900 bits per heavy atom. The van der Waals surface area contributed by atoms with E-state index in [0.717, 1.165) is 54.0 Å². The minimum absolute atomic E-state index is 0.0289. The number of benzene rings is 2. The molecule has 374 valence electrons. The normalized spacial score (nSPS) is 17.5. The summed E-state index contributed by atoms with van der Waals surface area (Å²) in [7, 11) is 0. The van der Waals surface area contributed by atoms with Crippen molar-refractivity contribution in [3.8, 4) is 15.4 Å². The van der Waals surface area contributed by atoms with Crippen LogP contribution in [0.1, 0.15) is 84.6 Å². The number of hydrogen-bond acceptors (Lipinski definition) is 14. The summed E-state index contributed by atoms with van der Waals surface area (Å²) in [6.07, 6.45) is -0.798. The third-order valence-electron chi connectivity index (χ3n) is 12.4. The van der Waals surface area contributed by atoms with Gasteiger partial charge in [-0.1, -0.05) is 75.7 Å². The van der Waals surface area contributed by atoms with Crippen molar-refractivity contribution in [2.75, 3.05) is 52.7 Å². The third-order valence-corrected chi connectivity index (χ3v) is 14.9. The van der Waals surface area contributed by atoms with E-state index in [4.69, 9.17) is 30.8 Å². The molecule has 0 saturated carbocycles. The van der Waals surface area contributed by atoms with Crippen LogP contribution in [0.25, 0.3) is 15.4 Å². The van der Waals surface area contributed by atoms with Crippen molar-refractivity contribution in [1.82, 2.24) is 40.6 Å². The van der Waals surface area contributed by atoms with Gasteiger partial charge >= 0.3 is 0 Å². The SMILES string of the molecule is Cc1ncsc1-c1ccc(CNC(=O)[C@@H]2C[C@@H](O)CN2C(=O)[C@@H](NC(=O)COCCOCCOCCNC(=O)C(C)C2N=C(c3ccc(Cl)cc3)c3c(sc(C)c3C)-n3c(C)nnc32)C(C)(C)C)cc1. The number of likely N-dealkylation sites (tertiary alicyclic amines) is 1. The van der Waals surface area contributed by atoms with Crippen molar-refractivity contribution in [3.05, 3.63) is 104 Å². The number of aryl methyl sites for hydroxylation is 3. The minimum Gasteiger partial charge on any atom is -0.391 e. The number of halogens is 1. The first-order chi connectivity index (χ1) is 33.4. The van der Waals surface area contributed by atoms with Gasteiger partial charge in [-0.3, -0.25) is 28.7 Å². The number of nitrogens with zero attached hydrogens (tertiary/aromatic N) is 6. The zero-order valence-electron chi connectivity index (χ0n) is 40.8. The number of carbonyl (C=O) groups excluding carboxylic acids is 4. The average molecular weight is 1020 g/mol. The Morgan fingerprint density at radius 3 is 2.24 bits per heavy atom. The first-order valence-corrected chi connectivity index (χ1v) is 25.4. The maximum absolute atomic E-state index is 14.0. The number of thiophene rings is 1. The highest BCUT2D eigenvalue weighted by molar-refractivity contribution is 7.15. The standard InChI is InChI=1S/C50H62ClN9O8S2/c1-28-31(4)70-49-40(28)42(34-13-15-36(51)16-14-34)56-41(45-58-57-32(5)60(45)49)29(2)46(63)52-17-18-66-19-20-67-21-22-68-26-39(62)55-44(50(6,7)8)48(65)59-25-37(61)23-38(59)47(64)53-24-33-9-11-35(12-10-33)43-30(3)54-27-69-43/h9-16,27,29,37-38,41,44,61H,17-26H2,1-8H3,(H,52,63)(H,53,64)(H,55,62)/t29?,37-,38+,41?,44-/m1/s1. The number of aliphatic hydroxyl groups excluding tert-OH is 1. The lowest BCUT2D eigenvalue weighted by atomic mass is 9.85.